The van der Waals surface area contributed by atoms with Crippen LogP contribution in [0.25, 0.3) is 0 Å². The summed E-state index contributed by atoms with van der Waals surface area (Å²) < 4.78 is 8.32. The van der Waals surface area contributed by atoms with E-state index in [-0.39, 0.29) is 17.5 Å². The molecule has 1 fully saturated rings. The molecular formula is C21H30N4O3. The van der Waals surface area contributed by atoms with Gasteiger partial charge >= 0.3 is 5.69 Å². The average Bonchev–Trinajstić information content (AvgIpc) is 3.02. The number of piperidine rings is 1. The summed E-state index contributed by atoms with van der Waals surface area (Å²) in [7, 11) is 1.62. The van der Waals surface area contributed by atoms with Gasteiger partial charge in [0.15, 0.2) is 0 Å². The van der Waals surface area contributed by atoms with Crippen LogP contribution in [0.1, 0.15) is 42.6 Å². The van der Waals surface area contributed by atoms with Crippen LogP contribution >= 0.6 is 0 Å². The highest BCUT2D eigenvalue weighted by Gasteiger charge is 2.28. The Hall–Kier alpha value is -2.41. The summed E-state index contributed by atoms with van der Waals surface area (Å²) in [4.78, 5) is 27.1. The number of methoxy groups -OCH3 is 1. The third-order valence-corrected chi connectivity index (χ3v) is 5.43. The van der Waals surface area contributed by atoms with E-state index in [9.17, 15) is 9.59 Å². The maximum Gasteiger partial charge on any atom is 0.345 e. The first kappa shape index (κ1) is 20.3. The van der Waals surface area contributed by atoms with E-state index in [0.29, 0.717) is 39.2 Å². The maximum absolute atomic E-state index is 12.7. The highest BCUT2D eigenvalue weighted by Crippen LogP contribution is 2.26. The molecule has 1 saturated heterocycles. The second-order valence-corrected chi connectivity index (χ2v) is 7.42. The Kier molecular flexibility index (Phi) is 6.67. The van der Waals surface area contributed by atoms with E-state index in [1.807, 2.05) is 36.9 Å². The van der Waals surface area contributed by atoms with Crippen LogP contribution in [0.4, 0.5) is 0 Å². The molecule has 1 aromatic heterocycles. The first-order valence-corrected chi connectivity index (χ1v) is 10.0. The smallest absolute Gasteiger partial charge is 0.345 e. The molecule has 1 aromatic carbocycles. The molecule has 0 spiro atoms. The minimum Gasteiger partial charge on any atom is -0.383 e. The first-order valence-electron chi connectivity index (χ1n) is 10.0. The summed E-state index contributed by atoms with van der Waals surface area (Å²) in [5, 5.41) is 4.57. The molecule has 28 heavy (non-hydrogen) atoms. The number of likely N-dealkylation sites (tertiary alicyclic amines) is 1. The van der Waals surface area contributed by atoms with Crippen molar-refractivity contribution >= 4 is 5.91 Å². The van der Waals surface area contributed by atoms with Gasteiger partial charge in [-0.25, -0.2) is 9.48 Å². The fourth-order valence-electron chi connectivity index (χ4n) is 3.88. The summed E-state index contributed by atoms with van der Waals surface area (Å²) in [5.41, 5.74) is 2.15. The normalized spacial score (nSPS) is 15.2. The third-order valence-electron chi connectivity index (χ3n) is 5.43. The van der Waals surface area contributed by atoms with Crippen LogP contribution in [-0.2, 0) is 29.0 Å². The van der Waals surface area contributed by atoms with Gasteiger partial charge in [-0.1, -0.05) is 29.8 Å². The van der Waals surface area contributed by atoms with E-state index in [4.69, 9.17) is 4.74 Å². The van der Waals surface area contributed by atoms with Gasteiger partial charge in [0.2, 0.25) is 5.91 Å². The minimum absolute atomic E-state index is 0.0764. The highest BCUT2D eigenvalue weighted by atomic mass is 16.5. The molecule has 0 saturated carbocycles. The van der Waals surface area contributed by atoms with Crippen molar-refractivity contribution in [2.75, 3.05) is 26.8 Å². The fourth-order valence-corrected chi connectivity index (χ4v) is 3.88. The van der Waals surface area contributed by atoms with Gasteiger partial charge in [-0.2, -0.15) is 5.10 Å². The van der Waals surface area contributed by atoms with Crippen molar-refractivity contribution < 1.29 is 9.53 Å². The number of aryl methyl sites for hydroxylation is 1. The molecule has 0 atom stereocenters. The van der Waals surface area contributed by atoms with E-state index in [1.165, 1.54) is 10.2 Å². The Morgan fingerprint density at radius 2 is 2.04 bits per heavy atom. The van der Waals surface area contributed by atoms with Crippen LogP contribution in [0.5, 0.6) is 0 Å². The van der Waals surface area contributed by atoms with Crippen LogP contribution in [0.2, 0.25) is 0 Å². The quantitative estimate of drug-likeness (QED) is 0.730. The average molecular weight is 386 g/mol. The third kappa shape index (κ3) is 4.52. The fraction of sp³-hybridized carbons (Fsp3) is 0.571. The summed E-state index contributed by atoms with van der Waals surface area (Å²) in [6.45, 7) is 6.95. The number of carbonyl (C=O) groups is 1. The molecule has 0 N–H and O–H groups in total. The number of hydrogen-bond donors (Lipinski definition) is 0. The van der Waals surface area contributed by atoms with Gasteiger partial charge in [0.05, 0.1) is 19.6 Å². The van der Waals surface area contributed by atoms with Crippen molar-refractivity contribution in [3.63, 3.8) is 0 Å². The molecule has 0 radical (unpaired) electrons. The van der Waals surface area contributed by atoms with E-state index < -0.39 is 0 Å². The van der Waals surface area contributed by atoms with Gasteiger partial charge < -0.3 is 9.64 Å². The van der Waals surface area contributed by atoms with Crippen molar-refractivity contribution in [3.05, 3.63) is 51.7 Å². The second kappa shape index (κ2) is 9.19. The Labute approximate surface area is 165 Å². The topological polar surface area (TPSA) is 69.4 Å². The first-order chi connectivity index (χ1) is 13.5. The van der Waals surface area contributed by atoms with E-state index in [1.54, 1.807) is 11.7 Å². The SMILES string of the molecule is CCn1c(C2CCN(C(=O)Cc3cccc(C)c3)CC2)nn(CCOC)c1=O. The zero-order valence-electron chi connectivity index (χ0n) is 17.1. The summed E-state index contributed by atoms with van der Waals surface area (Å²) in [5.74, 6) is 1.22. The number of ether oxygens (including phenoxy) is 1. The monoisotopic (exact) mass is 386 g/mol. The lowest BCUT2D eigenvalue weighted by molar-refractivity contribution is -0.131. The standard InChI is InChI=1S/C21H30N4O3/c1-4-24-20(22-25(21(24)27)12-13-28-3)18-8-10-23(11-9-18)19(26)15-17-7-5-6-16(2)14-17/h5-7,14,18H,4,8-13,15H2,1-3H3. The van der Waals surface area contributed by atoms with E-state index >= 15 is 0 Å². The Morgan fingerprint density at radius 1 is 1.29 bits per heavy atom. The van der Waals surface area contributed by atoms with Crippen LogP contribution in [0.3, 0.4) is 0 Å². The lowest BCUT2D eigenvalue weighted by Gasteiger charge is -2.31. The van der Waals surface area contributed by atoms with Gasteiger partial charge in [-0.3, -0.25) is 9.36 Å². The number of hydrogen-bond acceptors (Lipinski definition) is 4. The zero-order chi connectivity index (χ0) is 20.1. The van der Waals surface area contributed by atoms with Crippen molar-refractivity contribution in [1.29, 1.82) is 0 Å². The van der Waals surface area contributed by atoms with Gasteiger partial charge in [0.25, 0.3) is 0 Å². The second-order valence-electron chi connectivity index (χ2n) is 7.42. The van der Waals surface area contributed by atoms with E-state index in [0.717, 1.165) is 24.2 Å². The number of nitrogens with zero attached hydrogens (tertiary/aromatic N) is 4. The number of benzene rings is 1. The van der Waals surface area contributed by atoms with Gasteiger partial charge in [-0.05, 0) is 32.3 Å². The Morgan fingerprint density at radius 3 is 2.68 bits per heavy atom. The van der Waals surface area contributed by atoms with E-state index in [2.05, 4.69) is 11.2 Å². The molecule has 0 unspecified atom stereocenters. The number of aromatic nitrogens is 3. The Balaban J connectivity index is 1.63. The number of carbonyl (C=O) groups excluding carboxylic acids is 1. The van der Waals surface area contributed by atoms with Crippen molar-refractivity contribution in [1.82, 2.24) is 19.2 Å². The predicted octanol–water partition coefficient (Wildman–Crippen LogP) is 1.97. The summed E-state index contributed by atoms with van der Waals surface area (Å²) >= 11 is 0. The molecule has 152 valence electrons. The van der Waals surface area contributed by atoms with Gasteiger partial charge in [0, 0.05) is 32.7 Å². The van der Waals surface area contributed by atoms with Gasteiger partial charge in [0.1, 0.15) is 5.82 Å². The predicted molar refractivity (Wildman–Crippen MR) is 107 cm³/mol. The summed E-state index contributed by atoms with van der Waals surface area (Å²) in [6, 6.07) is 8.11. The number of amides is 1. The van der Waals surface area contributed by atoms with Crippen LogP contribution in [0, 0.1) is 6.92 Å². The van der Waals surface area contributed by atoms with Crippen molar-refractivity contribution in [2.45, 2.75) is 52.1 Å². The van der Waals surface area contributed by atoms with Crippen LogP contribution in [-0.4, -0.2) is 52.0 Å². The molecule has 1 aliphatic rings. The molecule has 7 heteroatoms. The molecule has 2 heterocycles. The number of rotatable bonds is 7. The molecule has 0 bridgehead atoms. The lowest BCUT2D eigenvalue weighted by atomic mass is 9.95. The molecule has 7 nitrogen and oxygen atoms in total. The molecular weight excluding hydrogens is 356 g/mol. The Bertz CT molecular complexity index is 863. The van der Waals surface area contributed by atoms with Crippen molar-refractivity contribution in [2.24, 2.45) is 0 Å². The van der Waals surface area contributed by atoms with Crippen molar-refractivity contribution in [3.8, 4) is 0 Å². The molecule has 0 aliphatic carbocycles. The molecule has 1 aliphatic heterocycles. The molecule has 2 aromatic rings. The summed E-state index contributed by atoms with van der Waals surface area (Å²) in [6.07, 6.45) is 2.11. The lowest BCUT2D eigenvalue weighted by Crippen LogP contribution is -2.39. The molecule has 3 rings (SSSR count). The maximum atomic E-state index is 12.7. The largest absolute Gasteiger partial charge is 0.383 e. The highest BCUT2D eigenvalue weighted by molar-refractivity contribution is 5.78. The van der Waals surface area contributed by atoms with Crippen LogP contribution < -0.4 is 5.69 Å². The van der Waals surface area contributed by atoms with Gasteiger partial charge in [-0.15, -0.1) is 0 Å². The van der Waals surface area contributed by atoms with Crippen LogP contribution in [0.15, 0.2) is 29.1 Å². The molecule has 1 amide bonds. The zero-order valence-corrected chi connectivity index (χ0v) is 17.1. The minimum atomic E-state index is -0.0764.